The summed E-state index contributed by atoms with van der Waals surface area (Å²) < 4.78 is 1.80. The largest absolute Gasteiger partial charge is 0.215 e. The lowest BCUT2D eigenvalue weighted by Crippen LogP contribution is -2.24. The van der Waals surface area contributed by atoms with E-state index in [1.807, 2.05) is 24.3 Å². The summed E-state index contributed by atoms with van der Waals surface area (Å²) in [6, 6.07) is 9.78. The molecule has 0 aliphatic carbocycles. The van der Waals surface area contributed by atoms with Gasteiger partial charge < -0.3 is 0 Å². The van der Waals surface area contributed by atoms with Gasteiger partial charge in [0.05, 0.1) is 17.2 Å². The van der Waals surface area contributed by atoms with Crippen LogP contribution < -0.4 is 0 Å². The minimum atomic E-state index is -0.152. The minimum Gasteiger partial charge on any atom is -0.215 e. The lowest BCUT2D eigenvalue weighted by molar-refractivity contribution is 0.321. The van der Waals surface area contributed by atoms with Crippen LogP contribution in [-0.2, 0) is 11.3 Å². The van der Waals surface area contributed by atoms with Gasteiger partial charge in [0.2, 0.25) is 5.16 Å². The molecule has 1 heterocycles. The first-order valence-corrected chi connectivity index (χ1v) is 6.90. The number of benzene rings is 1. The maximum absolute atomic E-state index is 9.05. The van der Waals surface area contributed by atoms with E-state index in [9.17, 15) is 0 Å². The fourth-order valence-electron chi connectivity index (χ4n) is 1.59. The Morgan fingerprint density at radius 1 is 1.32 bits per heavy atom. The van der Waals surface area contributed by atoms with Crippen molar-refractivity contribution in [1.82, 2.24) is 20.2 Å². The third-order valence-corrected chi connectivity index (χ3v) is 3.54. The van der Waals surface area contributed by atoms with E-state index in [1.165, 1.54) is 11.8 Å². The third-order valence-electron chi connectivity index (χ3n) is 2.57. The Kier molecular flexibility index (Phi) is 3.86. The second kappa shape index (κ2) is 5.41. The molecule has 0 amide bonds. The van der Waals surface area contributed by atoms with Crippen LogP contribution in [0.25, 0.3) is 0 Å². The maximum Gasteiger partial charge on any atom is 0.210 e. The van der Waals surface area contributed by atoms with Gasteiger partial charge in [0.25, 0.3) is 0 Å². The summed E-state index contributed by atoms with van der Waals surface area (Å²) in [5, 5.41) is 21.6. The molecule has 0 aliphatic rings. The number of thioether (sulfide) groups is 1. The van der Waals surface area contributed by atoms with Gasteiger partial charge in [0.1, 0.15) is 0 Å². The van der Waals surface area contributed by atoms with Gasteiger partial charge in [-0.1, -0.05) is 30.0 Å². The van der Waals surface area contributed by atoms with Gasteiger partial charge in [-0.05, 0) is 42.8 Å². The van der Waals surface area contributed by atoms with Crippen LogP contribution in [0.3, 0.4) is 0 Å². The number of aromatic nitrogens is 4. The van der Waals surface area contributed by atoms with Crippen molar-refractivity contribution in [3.05, 3.63) is 35.4 Å². The topological polar surface area (TPSA) is 67.4 Å². The van der Waals surface area contributed by atoms with Crippen LogP contribution in [0.15, 0.2) is 29.4 Å². The lowest BCUT2D eigenvalue weighted by Gasteiger charge is -2.19. The SMILES string of the molecule is CC(C)(C)n1nnnc1SCc1ccccc1C#N. The minimum absolute atomic E-state index is 0.152. The van der Waals surface area contributed by atoms with Crippen LogP contribution in [0.2, 0.25) is 0 Å². The first-order chi connectivity index (χ1) is 9.02. The molecular weight excluding hydrogens is 258 g/mol. The quantitative estimate of drug-likeness (QED) is 0.804. The van der Waals surface area contributed by atoms with E-state index in [0.29, 0.717) is 11.3 Å². The molecule has 0 aliphatic heterocycles. The predicted molar refractivity (Wildman–Crippen MR) is 73.5 cm³/mol. The summed E-state index contributed by atoms with van der Waals surface area (Å²) in [5.74, 6) is 0.681. The van der Waals surface area contributed by atoms with Crippen molar-refractivity contribution in [2.24, 2.45) is 0 Å². The average molecular weight is 273 g/mol. The fraction of sp³-hybridized carbons (Fsp3) is 0.385. The molecular formula is C13H15N5S. The number of tetrazole rings is 1. The summed E-state index contributed by atoms with van der Waals surface area (Å²) in [6.07, 6.45) is 0. The average Bonchev–Trinajstić information content (AvgIpc) is 2.85. The summed E-state index contributed by atoms with van der Waals surface area (Å²) in [5.41, 5.74) is 1.55. The molecule has 19 heavy (non-hydrogen) atoms. The van der Waals surface area contributed by atoms with Crippen molar-refractivity contribution in [2.45, 2.75) is 37.2 Å². The highest BCUT2D eigenvalue weighted by Crippen LogP contribution is 2.25. The van der Waals surface area contributed by atoms with Crippen LogP contribution in [0.5, 0.6) is 0 Å². The van der Waals surface area contributed by atoms with Crippen LogP contribution in [-0.4, -0.2) is 20.2 Å². The Bertz CT molecular complexity index is 606. The highest BCUT2D eigenvalue weighted by atomic mass is 32.2. The molecule has 1 aromatic heterocycles. The van der Waals surface area contributed by atoms with Gasteiger partial charge in [-0.3, -0.25) is 0 Å². The van der Waals surface area contributed by atoms with Crippen LogP contribution >= 0.6 is 11.8 Å². The molecule has 0 saturated carbocycles. The molecule has 2 rings (SSSR count). The van der Waals surface area contributed by atoms with Crippen LogP contribution in [0.4, 0.5) is 0 Å². The molecule has 0 unspecified atom stereocenters. The number of hydrogen-bond donors (Lipinski definition) is 0. The van der Waals surface area contributed by atoms with Gasteiger partial charge in [-0.2, -0.15) is 5.26 Å². The maximum atomic E-state index is 9.05. The summed E-state index contributed by atoms with van der Waals surface area (Å²) in [6.45, 7) is 6.16. The molecule has 5 nitrogen and oxygen atoms in total. The van der Waals surface area contributed by atoms with Gasteiger partial charge in [-0.15, -0.1) is 5.10 Å². The van der Waals surface area contributed by atoms with E-state index in [1.54, 1.807) is 4.68 Å². The third kappa shape index (κ3) is 3.12. The van der Waals surface area contributed by atoms with E-state index in [-0.39, 0.29) is 5.54 Å². The first-order valence-electron chi connectivity index (χ1n) is 5.92. The molecule has 0 saturated heterocycles. The Morgan fingerprint density at radius 3 is 2.74 bits per heavy atom. The highest BCUT2D eigenvalue weighted by molar-refractivity contribution is 7.98. The fourth-order valence-corrected chi connectivity index (χ4v) is 2.65. The molecule has 0 bridgehead atoms. The van der Waals surface area contributed by atoms with E-state index in [4.69, 9.17) is 5.26 Å². The van der Waals surface area contributed by atoms with Crippen LogP contribution in [0, 0.1) is 11.3 Å². The monoisotopic (exact) mass is 273 g/mol. The molecule has 0 spiro atoms. The normalized spacial score (nSPS) is 11.3. The standard InChI is InChI=1S/C13H15N5S/c1-13(2,3)18-12(15-16-17-18)19-9-11-7-5-4-6-10(11)8-14/h4-7H,9H2,1-3H3. The second-order valence-electron chi connectivity index (χ2n) is 5.10. The van der Waals surface area contributed by atoms with Crippen molar-refractivity contribution in [3.8, 4) is 6.07 Å². The van der Waals surface area contributed by atoms with Crippen molar-refractivity contribution >= 4 is 11.8 Å². The zero-order chi connectivity index (χ0) is 13.9. The molecule has 98 valence electrons. The number of nitriles is 1. The zero-order valence-electron chi connectivity index (χ0n) is 11.2. The number of hydrogen-bond acceptors (Lipinski definition) is 5. The molecule has 6 heteroatoms. The van der Waals surface area contributed by atoms with Gasteiger partial charge in [0.15, 0.2) is 0 Å². The van der Waals surface area contributed by atoms with Crippen molar-refractivity contribution in [3.63, 3.8) is 0 Å². The van der Waals surface area contributed by atoms with E-state index in [0.717, 1.165) is 10.7 Å². The number of nitrogens with zero attached hydrogens (tertiary/aromatic N) is 5. The molecule has 0 radical (unpaired) electrons. The summed E-state index contributed by atoms with van der Waals surface area (Å²) in [7, 11) is 0. The Labute approximate surface area is 116 Å². The van der Waals surface area contributed by atoms with Crippen molar-refractivity contribution < 1.29 is 0 Å². The highest BCUT2D eigenvalue weighted by Gasteiger charge is 2.20. The first kappa shape index (κ1) is 13.6. The Morgan fingerprint density at radius 2 is 2.05 bits per heavy atom. The summed E-state index contributed by atoms with van der Waals surface area (Å²) in [4.78, 5) is 0. The van der Waals surface area contributed by atoms with E-state index in [2.05, 4.69) is 42.4 Å². The predicted octanol–water partition coefficient (Wildman–Crippen LogP) is 2.59. The van der Waals surface area contributed by atoms with E-state index < -0.39 is 0 Å². The van der Waals surface area contributed by atoms with Gasteiger partial charge in [-0.25, -0.2) is 4.68 Å². The number of rotatable bonds is 3. The zero-order valence-corrected chi connectivity index (χ0v) is 12.0. The van der Waals surface area contributed by atoms with E-state index >= 15 is 0 Å². The summed E-state index contributed by atoms with van der Waals surface area (Å²) >= 11 is 1.54. The molecule has 2 aromatic rings. The van der Waals surface area contributed by atoms with Crippen molar-refractivity contribution in [1.29, 1.82) is 5.26 Å². The molecule has 1 aromatic carbocycles. The van der Waals surface area contributed by atoms with Crippen molar-refractivity contribution in [2.75, 3.05) is 0 Å². The Balaban J connectivity index is 2.16. The molecule has 0 atom stereocenters. The Hall–Kier alpha value is -1.87. The van der Waals surface area contributed by atoms with Gasteiger partial charge in [0, 0.05) is 5.75 Å². The van der Waals surface area contributed by atoms with Crippen LogP contribution in [0.1, 0.15) is 31.9 Å². The second-order valence-corrected chi connectivity index (χ2v) is 6.04. The lowest BCUT2D eigenvalue weighted by atomic mass is 10.1. The molecule has 0 N–H and O–H groups in total. The smallest absolute Gasteiger partial charge is 0.210 e. The molecule has 0 fully saturated rings. The van der Waals surface area contributed by atoms with Gasteiger partial charge >= 0.3 is 0 Å².